The largest absolute Gasteiger partial charge is 0.256 e. The normalized spacial score (nSPS) is 11.6. The second-order valence-electron chi connectivity index (χ2n) is 15.5. The van der Waals surface area contributed by atoms with Crippen molar-refractivity contribution in [3.05, 3.63) is 18.2 Å². The standard InChI is InChI=1S/C45H89N2/c1-4-7-10-13-16-19-21-22-23-24-25-27-30-33-36-39-42-47-44-43-46(41-38-35-32-29-26-20-17-14-11-8-5-2)45(47)40-37-34-31-28-18-15-12-9-6-3/h43-44H,4-42H2,1-3H3/q+1. The molecule has 0 saturated carbocycles. The van der Waals surface area contributed by atoms with Crippen LogP contribution in [-0.4, -0.2) is 4.57 Å². The summed E-state index contributed by atoms with van der Waals surface area (Å²) in [5.41, 5.74) is 0. The minimum absolute atomic E-state index is 1.23. The van der Waals surface area contributed by atoms with Gasteiger partial charge in [0.1, 0.15) is 12.4 Å². The zero-order chi connectivity index (χ0) is 33.7. The summed E-state index contributed by atoms with van der Waals surface area (Å²) in [6.07, 6.45) is 57.8. The molecule has 2 heteroatoms. The Labute approximate surface area is 298 Å². The van der Waals surface area contributed by atoms with Crippen LogP contribution in [0.25, 0.3) is 0 Å². The smallest absolute Gasteiger partial charge is 0.234 e. The molecule has 0 amide bonds. The number of rotatable bonds is 39. The van der Waals surface area contributed by atoms with Gasteiger partial charge in [0.2, 0.25) is 0 Å². The van der Waals surface area contributed by atoms with Crippen molar-refractivity contribution in [1.29, 1.82) is 0 Å². The molecule has 0 aliphatic heterocycles. The van der Waals surface area contributed by atoms with Crippen LogP contribution in [0.3, 0.4) is 0 Å². The second-order valence-corrected chi connectivity index (χ2v) is 15.5. The first-order valence-electron chi connectivity index (χ1n) is 22.4. The van der Waals surface area contributed by atoms with Gasteiger partial charge in [0, 0.05) is 6.42 Å². The van der Waals surface area contributed by atoms with Gasteiger partial charge in [-0.3, -0.25) is 0 Å². The molecule has 0 bridgehead atoms. The Morgan fingerprint density at radius 3 is 1.02 bits per heavy atom. The first-order valence-corrected chi connectivity index (χ1v) is 22.4. The molecule has 0 saturated heterocycles. The second kappa shape index (κ2) is 36.5. The van der Waals surface area contributed by atoms with Gasteiger partial charge in [-0.15, -0.1) is 0 Å². The lowest BCUT2D eigenvalue weighted by Crippen LogP contribution is -2.37. The van der Waals surface area contributed by atoms with Gasteiger partial charge in [0.15, 0.2) is 0 Å². The van der Waals surface area contributed by atoms with E-state index >= 15 is 0 Å². The van der Waals surface area contributed by atoms with Crippen LogP contribution in [0, 0.1) is 0 Å². The molecule has 278 valence electrons. The molecule has 1 heterocycles. The zero-order valence-electron chi connectivity index (χ0n) is 33.1. The molecule has 1 aromatic rings. The Morgan fingerprint density at radius 1 is 0.362 bits per heavy atom. The maximum atomic E-state index is 2.65. The van der Waals surface area contributed by atoms with Crippen molar-refractivity contribution < 1.29 is 4.57 Å². The van der Waals surface area contributed by atoms with Gasteiger partial charge in [0.25, 0.3) is 5.82 Å². The fourth-order valence-corrected chi connectivity index (χ4v) is 7.56. The average molecular weight is 658 g/mol. The van der Waals surface area contributed by atoms with Gasteiger partial charge in [-0.25, -0.2) is 9.13 Å². The van der Waals surface area contributed by atoms with Gasteiger partial charge in [-0.05, 0) is 32.1 Å². The van der Waals surface area contributed by atoms with E-state index in [-0.39, 0.29) is 0 Å². The number of imidazole rings is 1. The van der Waals surface area contributed by atoms with Gasteiger partial charge < -0.3 is 0 Å². The number of hydrogen-bond acceptors (Lipinski definition) is 0. The van der Waals surface area contributed by atoms with Crippen LogP contribution in [-0.2, 0) is 19.5 Å². The molecule has 47 heavy (non-hydrogen) atoms. The van der Waals surface area contributed by atoms with Crippen LogP contribution in [0.4, 0.5) is 0 Å². The van der Waals surface area contributed by atoms with Crippen molar-refractivity contribution >= 4 is 0 Å². The van der Waals surface area contributed by atoms with E-state index in [4.69, 9.17) is 0 Å². The van der Waals surface area contributed by atoms with Crippen molar-refractivity contribution in [2.24, 2.45) is 0 Å². The summed E-state index contributed by atoms with van der Waals surface area (Å²) in [6, 6.07) is 0. The van der Waals surface area contributed by atoms with Crippen LogP contribution in [0.5, 0.6) is 0 Å². The van der Waals surface area contributed by atoms with E-state index in [2.05, 4.69) is 42.3 Å². The fourth-order valence-electron chi connectivity index (χ4n) is 7.56. The molecule has 2 nitrogen and oxygen atoms in total. The third-order valence-electron chi connectivity index (χ3n) is 10.8. The van der Waals surface area contributed by atoms with Gasteiger partial charge >= 0.3 is 0 Å². The SMILES string of the molecule is CCCCCCCCCCCCCCCCCCn1cc[n+](CCCCCCCCCCCCC)c1CCCCCCCCCCC. The molecule has 0 aliphatic carbocycles. The van der Waals surface area contributed by atoms with E-state index in [1.807, 2.05) is 0 Å². The Kier molecular flexibility index (Phi) is 34.3. The Morgan fingerprint density at radius 2 is 0.660 bits per heavy atom. The van der Waals surface area contributed by atoms with Crippen LogP contribution < -0.4 is 4.57 Å². The van der Waals surface area contributed by atoms with E-state index in [0.29, 0.717) is 0 Å². The van der Waals surface area contributed by atoms with E-state index < -0.39 is 0 Å². The number of unbranched alkanes of at least 4 members (excludes halogenated alkanes) is 33. The molecule has 0 unspecified atom stereocenters. The fraction of sp³-hybridized carbons (Fsp3) is 0.933. The summed E-state index contributed by atoms with van der Waals surface area (Å²) in [4.78, 5) is 0. The monoisotopic (exact) mass is 658 g/mol. The van der Waals surface area contributed by atoms with Crippen molar-refractivity contribution in [1.82, 2.24) is 4.57 Å². The summed E-state index contributed by atoms with van der Waals surface area (Å²) >= 11 is 0. The zero-order valence-corrected chi connectivity index (χ0v) is 33.1. The van der Waals surface area contributed by atoms with Crippen molar-refractivity contribution in [3.8, 4) is 0 Å². The summed E-state index contributed by atoms with van der Waals surface area (Å²) in [6.45, 7) is 9.41. The third-order valence-corrected chi connectivity index (χ3v) is 10.8. The molecule has 0 fully saturated rings. The maximum Gasteiger partial charge on any atom is 0.256 e. The maximum absolute atomic E-state index is 2.65. The molecule has 0 aliphatic rings. The first-order chi connectivity index (χ1) is 23.3. The van der Waals surface area contributed by atoms with Crippen LogP contribution in [0.15, 0.2) is 12.4 Å². The predicted octanol–water partition coefficient (Wildman–Crippen LogP) is 15.4. The molecule has 0 radical (unpaired) electrons. The highest BCUT2D eigenvalue weighted by Crippen LogP contribution is 2.16. The van der Waals surface area contributed by atoms with Crippen molar-refractivity contribution in [2.45, 2.75) is 271 Å². The molecule has 0 N–H and O–H groups in total. The van der Waals surface area contributed by atoms with E-state index in [1.165, 1.54) is 251 Å². The minimum Gasteiger partial charge on any atom is -0.234 e. The average Bonchev–Trinajstić information content (AvgIpc) is 3.47. The number of aryl methyl sites for hydroxylation is 2. The van der Waals surface area contributed by atoms with Crippen molar-refractivity contribution in [2.75, 3.05) is 0 Å². The number of hydrogen-bond donors (Lipinski definition) is 0. The molecular weight excluding hydrogens is 569 g/mol. The minimum atomic E-state index is 1.23. The van der Waals surface area contributed by atoms with Crippen molar-refractivity contribution in [3.63, 3.8) is 0 Å². The third kappa shape index (κ3) is 28.7. The molecule has 0 aromatic carbocycles. The number of aromatic nitrogens is 2. The highest BCUT2D eigenvalue weighted by molar-refractivity contribution is 4.84. The Hall–Kier alpha value is -0.790. The molecule has 1 rings (SSSR count). The van der Waals surface area contributed by atoms with E-state index in [0.717, 1.165) is 0 Å². The van der Waals surface area contributed by atoms with Crippen LogP contribution in [0.1, 0.15) is 258 Å². The Bertz CT molecular complexity index is 722. The molecular formula is C45H89N2+. The summed E-state index contributed by atoms with van der Waals surface area (Å²) in [5.74, 6) is 1.63. The summed E-state index contributed by atoms with van der Waals surface area (Å²) in [5, 5.41) is 0. The highest BCUT2D eigenvalue weighted by atomic mass is 15.1. The van der Waals surface area contributed by atoms with Gasteiger partial charge in [-0.1, -0.05) is 220 Å². The number of nitrogens with zero attached hydrogens (tertiary/aromatic N) is 2. The van der Waals surface area contributed by atoms with Gasteiger partial charge in [-0.2, -0.15) is 0 Å². The first kappa shape index (κ1) is 44.2. The van der Waals surface area contributed by atoms with Crippen LogP contribution >= 0.6 is 0 Å². The van der Waals surface area contributed by atoms with Gasteiger partial charge in [0.05, 0.1) is 13.1 Å². The predicted molar refractivity (Wildman–Crippen MR) is 212 cm³/mol. The lowest BCUT2D eigenvalue weighted by Gasteiger charge is -2.07. The summed E-state index contributed by atoms with van der Waals surface area (Å²) < 4.78 is 5.29. The summed E-state index contributed by atoms with van der Waals surface area (Å²) in [7, 11) is 0. The van der Waals surface area contributed by atoms with E-state index in [1.54, 1.807) is 5.82 Å². The topological polar surface area (TPSA) is 8.81 Å². The quantitative estimate of drug-likeness (QED) is 0.0492. The Balaban J connectivity index is 2.24. The highest BCUT2D eigenvalue weighted by Gasteiger charge is 2.16. The molecule has 0 atom stereocenters. The molecule has 1 aromatic heterocycles. The lowest BCUT2D eigenvalue weighted by atomic mass is 10.0. The lowest BCUT2D eigenvalue weighted by molar-refractivity contribution is -0.704. The van der Waals surface area contributed by atoms with E-state index in [9.17, 15) is 0 Å². The molecule has 0 spiro atoms. The van der Waals surface area contributed by atoms with Crippen LogP contribution in [0.2, 0.25) is 0 Å².